The van der Waals surface area contributed by atoms with E-state index in [9.17, 15) is 0 Å². The van der Waals surface area contributed by atoms with Gasteiger partial charge in [-0.15, -0.1) is 0 Å². The lowest BCUT2D eigenvalue weighted by atomic mass is 9.95. The Hall–Kier alpha value is -0.120. The standard InChI is InChI=1S/C17H34N2O/c1-16(2,3)18-12-14-7-10-19(11-8-14)13-15-6-9-17(4,5)20-15/h14-15,18H,6-13H2,1-5H3. The molecule has 0 aromatic rings. The summed E-state index contributed by atoms with van der Waals surface area (Å²) in [6.07, 6.45) is 5.58. The molecule has 20 heavy (non-hydrogen) atoms. The van der Waals surface area contributed by atoms with Crippen molar-refractivity contribution in [3.8, 4) is 0 Å². The third-order valence-electron chi connectivity index (χ3n) is 4.64. The van der Waals surface area contributed by atoms with Gasteiger partial charge in [0.25, 0.3) is 0 Å². The van der Waals surface area contributed by atoms with Crippen molar-refractivity contribution in [2.75, 3.05) is 26.2 Å². The van der Waals surface area contributed by atoms with Crippen LogP contribution in [0.25, 0.3) is 0 Å². The van der Waals surface area contributed by atoms with Crippen LogP contribution in [0.4, 0.5) is 0 Å². The third kappa shape index (κ3) is 5.34. The van der Waals surface area contributed by atoms with E-state index >= 15 is 0 Å². The van der Waals surface area contributed by atoms with Gasteiger partial charge >= 0.3 is 0 Å². The first-order valence-electron chi connectivity index (χ1n) is 8.39. The van der Waals surface area contributed by atoms with Crippen LogP contribution in [0.2, 0.25) is 0 Å². The maximum Gasteiger partial charge on any atom is 0.0710 e. The first-order valence-corrected chi connectivity index (χ1v) is 8.39. The number of piperidine rings is 1. The molecular weight excluding hydrogens is 248 g/mol. The average Bonchev–Trinajstić information content (AvgIpc) is 2.67. The summed E-state index contributed by atoms with van der Waals surface area (Å²) in [7, 11) is 0. The van der Waals surface area contributed by atoms with Crippen molar-refractivity contribution in [3.05, 3.63) is 0 Å². The number of likely N-dealkylation sites (tertiary alicyclic amines) is 1. The van der Waals surface area contributed by atoms with Gasteiger partial charge in [0.1, 0.15) is 0 Å². The second-order valence-electron chi connectivity index (χ2n) is 8.41. The van der Waals surface area contributed by atoms with Gasteiger partial charge in [-0.25, -0.2) is 0 Å². The molecule has 2 aliphatic rings. The van der Waals surface area contributed by atoms with E-state index in [0.717, 1.165) is 12.5 Å². The van der Waals surface area contributed by atoms with Crippen LogP contribution < -0.4 is 5.32 Å². The van der Waals surface area contributed by atoms with Gasteiger partial charge in [-0.1, -0.05) is 0 Å². The van der Waals surface area contributed by atoms with Gasteiger partial charge in [0.15, 0.2) is 0 Å². The second kappa shape index (κ2) is 6.33. The summed E-state index contributed by atoms with van der Waals surface area (Å²) in [5.41, 5.74) is 0.361. The molecule has 118 valence electrons. The summed E-state index contributed by atoms with van der Waals surface area (Å²) in [5.74, 6) is 0.853. The minimum Gasteiger partial charge on any atom is -0.371 e. The maximum atomic E-state index is 6.12. The van der Waals surface area contributed by atoms with Gasteiger partial charge in [-0.3, -0.25) is 0 Å². The van der Waals surface area contributed by atoms with E-state index in [1.165, 1.54) is 45.3 Å². The number of hydrogen-bond acceptors (Lipinski definition) is 3. The van der Waals surface area contributed by atoms with E-state index in [0.29, 0.717) is 6.10 Å². The Labute approximate surface area is 125 Å². The maximum absolute atomic E-state index is 6.12. The molecule has 2 aliphatic heterocycles. The van der Waals surface area contributed by atoms with Crippen LogP contribution in [0.15, 0.2) is 0 Å². The molecule has 0 amide bonds. The average molecular weight is 282 g/mol. The molecule has 2 heterocycles. The molecule has 2 saturated heterocycles. The molecule has 0 aromatic carbocycles. The fourth-order valence-corrected chi connectivity index (χ4v) is 3.32. The quantitative estimate of drug-likeness (QED) is 0.858. The fraction of sp³-hybridized carbons (Fsp3) is 1.00. The van der Waals surface area contributed by atoms with Crippen LogP contribution in [0.3, 0.4) is 0 Å². The molecule has 0 aromatic heterocycles. The number of hydrogen-bond donors (Lipinski definition) is 1. The number of ether oxygens (including phenoxy) is 1. The first-order chi connectivity index (χ1) is 9.23. The summed E-state index contributed by atoms with van der Waals surface area (Å²) in [4.78, 5) is 2.61. The lowest BCUT2D eigenvalue weighted by Gasteiger charge is -2.35. The van der Waals surface area contributed by atoms with Gasteiger partial charge in [-0.05, 0) is 85.9 Å². The predicted octanol–water partition coefficient (Wildman–Crippen LogP) is 3.04. The van der Waals surface area contributed by atoms with Crippen molar-refractivity contribution in [3.63, 3.8) is 0 Å². The molecule has 2 rings (SSSR count). The largest absolute Gasteiger partial charge is 0.371 e. The number of nitrogens with one attached hydrogen (secondary N) is 1. The van der Waals surface area contributed by atoms with E-state index < -0.39 is 0 Å². The lowest BCUT2D eigenvalue weighted by Crippen LogP contribution is -2.44. The molecule has 0 spiro atoms. The van der Waals surface area contributed by atoms with Crippen LogP contribution >= 0.6 is 0 Å². The fourth-order valence-electron chi connectivity index (χ4n) is 3.32. The topological polar surface area (TPSA) is 24.5 Å². The zero-order valence-electron chi connectivity index (χ0n) is 14.2. The summed E-state index contributed by atoms with van der Waals surface area (Å²) >= 11 is 0. The molecule has 3 heteroatoms. The Balaban J connectivity index is 1.65. The van der Waals surface area contributed by atoms with Gasteiger partial charge in [0.05, 0.1) is 11.7 Å². The second-order valence-corrected chi connectivity index (χ2v) is 8.41. The Morgan fingerprint density at radius 2 is 1.80 bits per heavy atom. The van der Waals surface area contributed by atoms with E-state index in [2.05, 4.69) is 44.8 Å². The third-order valence-corrected chi connectivity index (χ3v) is 4.64. The summed E-state index contributed by atoms with van der Waals surface area (Å²) in [5, 5.41) is 3.65. The molecule has 0 radical (unpaired) electrons. The van der Waals surface area contributed by atoms with Crippen molar-refractivity contribution in [1.82, 2.24) is 10.2 Å². The van der Waals surface area contributed by atoms with Crippen LogP contribution in [0, 0.1) is 5.92 Å². The van der Waals surface area contributed by atoms with Crippen molar-refractivity contribution >= 4 is 0 Å². The SMILES string of the molecule is CC(C)(C)NCC1CCN(CC2CCC(C)(C)O2)CC1. The number of rotatable bonds is 4. The Morgan fingerprint density at radius 3 is 2.30 bits per heavy atom. The molecule has 1 unspecified atom stereocenters. The Kier molecular flexibility index (Phi) is 5.14. The summed E-state index contributed by atoms with van der Waals surface area (Å²) < 4.78 is 6.12. The van der Waals surface area contributed by atoms with Crippen LogP contribution in [-0.2, 0) is 4.74 Å². The normalized spacial score (nSPS) is 28.9. The Bertz CT molecular complexity index is 301. The lowest BCUT2D eigenvalue weighted by molar-refractivity contribution is -0.0320. The van der Waals surface area contributed by atoms with Crippen molar-refractivity contribution < 1.29 is 4.74 Å². The van der Waals surface area contributed by atoms with E-state index in [4.69, 9.17) is 4.74 Å². The highest BCUT2D eigenvalue weighted by Gasteiger charge is 2.33. The molecule has 0 saturated carbocycles. The van der Waals surface area contributed by atoms with Crippen LogP contribution in [0.5, 0.6) is 0 Å². The van der Waals surface area contributed by atoms with E-state index in [1.54, 1.807) is 0 Å². The number of nitrogens with zero attached hydrogens (tertiary/aromatic N) is 1. The minimum atomic E-state index is 0.111. The zero-order valence-corrected chi connectivity index (χ0v) is 14.2. The molecule has 1 N–H and O–H groups in total. The van der Waals surface area contributed by atoms with Gasteiger partial charge in [-0.2, -0.15) is 0 Å². The Morgan fingerprint density at radius 1 is 1.15 bits per heavy atom. The van der Waals surface area contributed by atoms with Crippen LogP contribution in [-0.4, -0.2) is 48.3 Å². The van der Waals surface area contributed by atoms with Gasteiger partial charge in [0.2, 0.25) is 0 Å². The van der Waals surface area contributed by atoms with Crippen LogP contribution in [0.1, 0.15) is 60.3 Å². The highest BCUT2D eigenvalue weighted by atomic mass is 16.5. The van der Waals surface area contributed by atoms with Crippen molar-refractivity contribution in [2.45, 2.75) is 77.5 Å². The molecule has 1 atom stereocenters. The summed E-state index contributed by atoms with van der Waals surface area (Å²) in [6, 6.07) is 0. The minimum absolute atomic E-state index is 0.111. The van der Waals surface area contributed by atoms with Crippen molar-refractivity contribution in [2.24, 2.45) is 5.92 Å². The van der Waals surface area contributed by atoms with Gasteiger partial charge < -0.3 is 15.0 Å². The van der Waals surface area contributed by atoms with E-state index in [1.807, 2.05) is 0 Å². The highest BCUT2D eigenvalue weighted by molar-refractivity contribution is 4.84. The van der Waals surface area contributed by atoms with Gasteiger partial charge in [0, 0.05) is 12.1 Å². The molecule has 2 fully saturated rings. The van der Waals surface area contributed by atoms with E-state index in [-0.39, 0.29) is 11.1 Å². The molecular formula is C17H34N2O. The molecule has 0 aliphatic carbocycles. The monoisotopic (exact) mass is 282 g/mol. The first kappa shape index (κ1) is 16.3. The van der Waals surface area contributed by atoms with Crippen molar-refractivity contribution in [1.29, 1.82) is 0 Å². The predicted molar refractivity (Wildman–Crippen MR) is 85.1 cm³/mol. The zero-order chi connectivity index (χ0) is 14.8. The smallest absolute Gasteiger partial charge is 0.0710 e. The highest BCUT2D eigenvalue weighted by Crippen LogP contribution is 2.30. The molecule has 0 bridgehead atoms. The summed E-state index contributed by atoms with van der Waals surface area (Å²) in [6.45, 7) is 16.0. The molecule has 3 nitrogen and oxygen atoms in total.